The SMILES string of the molecule is CC(C)NCc1cn(CC(=O)NCCOCCC(=O)C(C)C)nn1. The van der Waals surface area contributed by atoms with Gasteiger partial charge in [0, 0.05) is 31.5 Å². The van der Waals surface area contributed by atoms with Gasteiger partial charge in [-0.25, -0.2) is 4.68 Å². The maximum Gasteiger partial charge on any atom is 0.241 e. The van der Waals surface area contributed by atoms with Gasteiger partial charge >= 0.3 is 0 Å². The van der Waals surface area contributed by atoms with Crippen molar-refractivity contribution >= 4 is 11.7 Å². The number of aromatic nitrogens is 3. The number of ether oxygens (including phenoxy) is 1. The Morgan fingerprint density at radius 1 is 1.25 bits per heavy atom. The van der Waals surface area contributed by atoms with Gasteiger partial charge in [-0.15, -0.1) is 5.10 Å². The summed E-state index contributed by atoms with van der Waals surface area (Å²) in [6.07, 6.45) is 2.17. The third-order valence-corrected chi connectivity index (χ3v) is 3.29. The fourth-order valence-corrected chi connectivity index (χ4v) is 1.83. The minimum absolute atomic E-state index is 0.0385. The zero-order valence-electron chi connectivity index (χ0n) is 15.0. The van der Waals surface area contributed by atoms with Crippen molar-refractivity contribution in [3.05, 3.63) is 11.9 Å². The molecule has 0 unspecified atom stereocenters. The van der Waals surface area contributed by atoms with E-state index in [1.165, 1.54) is 4.68 Å². The van der Waals surface area contributed by atoms with Gasteiger partial charge in [-0.1, -0.05) is 32.9 Å². The molecule has 0 aliphatic heterocycles. The van der Waals surface area contributed by atoms with Crippen LogP contribution >= 0.6 is 0 Å². The topological polar surface area (TPSA) is 98.1 Å². The van der Waals surface area contributed by atoms with Gasteiger partial charge < -0.3 is 15.4 Å². The van der Waals surface area contributed by atoms with Crippen molar-refractivity contribution in [2.24, 2.45) is 5.92 Å². The van der Waals surface area contributed by atoms with Crippen molar-refractivity contribution < 1.29 is 14.3 Å². The van der Waals surface area contributed by atoms with Gasteiger partial charge in [0.05, 0.1) is 25.1 Å². The Morgan fingerprint density at radius 2 is 2.00 bits per heavy atom. The predicted octanol–water partition coefficient (Wildman–Crippen LogP) is 0.524. The predicted molar refractivity (Wildman–Crippen MR) is 90.3 cm³/mol. The lowest BCUT2D eigenvalue weighted by Crippen LogP contribution is -2.31. The summed E-state index contributed by atoms with van der Waals surface area (Å²) in [6.45, 7) is 9.79. The van der Waals surface area contributed by atoms with Crippen LogP contribution in [0.15, 0.2) is 6.20 Å². The summed E-state index contributed by atoms with van der Waals surface area (Å²) >= 11 is 0. The number of amides is 1. The van der Waals surface area contributed by atoms with Gasteiger partial charge in [0.25, 0.3) is 0 Å². The second-order valence-corrected chi connectivity index (χ2v) is 6.28. The molecule has 1 amide bonds. The van der Waals surface area contributed by atoms with Crippen molar-refractivity contribution in [2.75, 3.05) is 19.8 Å². The third kappa shape index (κ3) is 8.73. The molecule has 8 nitrogen and oxygen atoms in total. The maximum atomic E-state index is 11.8. The molecular formula is C16H29N5O3. The summed E-state index contributed by atoms with van der Waals surface area (Å²) in [5, 5.41) is 13.9. The molecule has 2 N–H and O–H groups in total. The van der Waals surface area contributed by atoms with Crippen LogP contribution < -0.4 is 10.6 Å². The molecule has 1 heterocycles. The molecule has 136 valence electrons. The highest BCUT2D eigenvalue weighted by atomic mass is 16.5. The number of Topliss-reactive ketones (excluding diaryl/α,β-unsaturated/α-hetero) is 1. The number of carbonyl (C=O) groups excluding carboxylic acids is 2. The van der Waals surface area contributed by atoms with E-state index in [-0.39, 0.29) is 24.2 Å². The van der Waals surface area contributed by atoms with Crippen LogP contribution in [0.4, 0.5) is 0 Å². The third-order valence-electron chi connectivity index (χ3n) is 3.29. The van der Waals surface area contributed by atoms with Crippen LogP contribution in [0.25, 0.3) is 0 Å². The molecule has 1 aromatic rings. The largest absolute Gasteiger partial charge is 0.379 e. The van der Waals surface area contributed by atoms with Gasteiger partial charge in [-0.05, 0) is 0 Å². The Labute approximate surface area is 143 Å². The minimum atomic E-state index is -0.148. The van der Waals surface area contributed by atoms with Crippen LogP contribution in [0.2, 0.25) is 0 Å². The number of nitrogens with zero attached hydrogens (tertiary/aromatic N) is 3. The van der Waals surface area contributed by atoms with E-state index in [9.17, 15) is 9.59 Å². The fraction of sp³-hybridized carbons (Fsp3) is 0.750. The van der Waals surface area contributed by atoms with E-state index in [1.54, 1.807) is 6.20 Å². The molecule has 0 aliphatic rings. The molecule has 0 radical (unpaired) electrons. The Morgan fingerprint density at radius 3 is 2.67 bits per heavy atom. The van der Waals surface area contributed by atoms with Crippen LogP contribution in [0.1, 0.15) is 39.8 Å². The van der Waals surface area contributed by atoms with Crippen molar-refractivity contribution in [3.8, 4) is 0 Å². The Hall–Kier alpha value is -1.80. The summed E-state index contributed by atoms with van der Waals surface area (Å²) < 4.78 is 6.84. The molecule has 0 aliphatic carbocycles. The lowest BCUT2D eigenvalue weighted by Gasteiger charge is -2.07. The lowest BCUT2D eigenvalue weighted by atomic mass is 10.1. The Bertz CT molecular complexity index is 514. The summed E-state index contributed by atoms with van der Waals surface area (Å²) in [4.78, 5) is 23.2. The van der Waals surface area contributed by atoms with E-state index in [2.05, 4.69) is 34.8 Å². The summed E-state index contributed by atoms with van der Waals surface area (Å²) in [7, 11) is 0. The number of ketones is 1. The second kappa shape index (κ2) is 10.9. The van der Waals surface area contributed by atoms with E-state index >= 15 is 0 Å². The monoisotopic (exact) mass is 339 g/mol. The van der Waals surface area contributed by atoms with Gasteiger partial charge in [-0.3, -0.25) is 9.59 Å². The second-order valence-electron chi connectivity index (χ2n) is 6.28. The molecule has 24 heavy (non-hydrogen) atoms. The Kier molecular flexibility index (Phi) is 9.18. The Balaban J connectivity index is 2.12. The number of rotatable bonds is 12. The maximum absolute atomic E-state index is 11.8. The van der Waals surface area contributed by atoms with Crippen molar-refractivity contribution in [1.29, 1.82) is 0 Å². The van der Waals surface area contributed by atoms with Gasteiger partial charge in [0.1, 0.15) is 12.3 Å². The number of hydrogen-bond donors (Lipinski definition) is 2. The molecule has 0 atom stereocenters. The lowest BCUT2D eigenvalue weighted by molar-refractivity contribution is -0.124. The first kappa shape index (κ1) is 20.2. The van der Waals surface area contributed by atoms with E-state index < -0.39 is 0 Å². The molecular weight excluding hydrogens is 310 g/mol. The number of hydrogen-bond acceptors (Lipinski definition) is 6. The minimum Gasteiger partial charge on any atom is -0.379 e. The molecule has 0 aromatic carbocycles. The molecule has 0 spiro atoms. The average Bonchev–Trinajstić information content (AvgIpc) is 2.95. The summed E-state index contributed by atoms with van der Waals surface area (Å²) in [6, 6.07) is 0.370. The molecule has 0 fully saturated rings. The van der Waals surface area contributed by atoms with Crippen LogP contribution in [0.3, 0.4) is 0 Å². The van der Waals surface area contributed by atoms with Crippen LogP contribution in [-0.4, -0.2) is 52.5 Å². The normalized spacial score (nSPS) is 11.2. The fourth-order valence-electron chi connectivity index (χ4n) is 1.83. The zero-order valence-corrected chi connectivity index (χ0v) is 15.0. The first-order valence-electron chi connectivity index (χ1n) is 8.38. The number of carbonyl (C=O) groups is 2. The van der Waals surface area contributed by atoms with Crippen molar-refractivity contribution in [3.63, 3.8) is 0 Å². The van der Waals surface area contributed by atoms with Crippen LogP contribution in [0, 0.1) is 5.92 Å². The van der Waals surface area contributed by atoms with Crippen molar-refractivity contribution in [1.82, 2.24) is 25.6 Å². The summed E-state index contributed by atoms with van der Waals surface area (Å²) in [5.41, 5.74) is 0.801. The number of nitrogens with one attached hydrogen (secondary N) is 2. The molecule has 1 rings (SSSR count). The standard InChI is InChI=1S/C16H29N5O3/c1-12(2)15(22)5-7-24-8-6-17-16(23)11-21-10-14(19-20-21)9-18-13(3)4/h10,12-13,18H,5-9,11H2,1-4H3,(H,17,23). The van der Waals surface area contributed by atoms with Gasteiger partial charge in [0.15, 0.2) is 0 Å². The summed E-state index contributed by atoms with van der Waals surface area (Å²) in [5.74, 6) is 0.0784. The van der Waals surface area contributed by atoms with E-state index in [0.29, 0.717) is 38.8 Å². The molecule has 8 heteroatoms. The molecule has 0 bridgehead atoms. The van der Waals surface area contributed by atoms with Crippen LogP contribution in [-0.2, 0) is 27.4 Å². The molecule has 1 aromatic heterocycles. The van der Waals surface area contributed by atoms with Gasteiger partial charge in [0.2, 0.25) is 5.91 Å². The van der Waals surface area contributed by atoms with Gasteiger partial charge in [-0.2, -0.15) is 0 Å². The highest BCUT2D eigenvalue weighted by Gasteiger charge is 2.07. The zero-order chi connectivity index (χ0) is 17.9. The average molecular weight is 339 g/mol. The van der Waals surface area contributed by atoms with Crippen LogP contribution in [0.5, 0.6) is 0 Å². The first-order chi connectivity index (χ1) is 11.4. The van der Waals surface area contributed by atoms with E-state index in [4.69, 9.17) is 4.74 Å². The highest BCUT2D eigenvalue weighted by Crippen LogP contribution is 1.98. The first-order valence-corrected chi connectivity index (χ1v) is 8.38. The van der Waals surface area contributed by atoms with E-state index in [1.807, 2.05) is 13.8 Å². The quantitative estimate of drug-likeness (QED) is 0.539. The van der Waals surface area contributed by atoms with Crippen molar-refractivity contribution in [2.45, 2.75) is 53.2 Å². The smallest absolute Gasteiger partial charge is 0.241 e. The highest BCUT2D eigenvalue weighted by molar-refractivity contribution is 5.80. The molecule has 0 saturated heterocycles. The van der Waals surface area contributed by atoms with E-state index in [0.717, 1.165) is 5.69 Å². The molecule has 0 saturated carbocycles.